The van der Waals surface area contributed by atoms with E-state index < -0.39 is 73.2 Å². The van der Waals surface area contributed by atoms with Gasteiger partial charge < -0.3 is 76.6 Å². The molecule has 0 unspecified atom stereocenters. The number of hydrogen-bond donors (Lipinski definition) is 3. The largest absolute Gasteiger partial charge is 3.00 e. The highest BCUT2D eigenvalue weighted by molar-refractivity contribution is 5.79. The number of rotatable bonds is 9. The van der Waals surface area contributed by atoms with Gasteiger partial charge in [-0.2, -0.15) is 0 Å². The molecule has 160 valence electrons. The Morgan fingerprint density at radius 3 is 0.655 bits per heavy atom. The van der Waals surface area contributed by atoms with Gasteiger partial charge in [0.05, 0.1) is 17.9 Å². The van der Waals surface area contributed by atoms with Crippen molar-refractivity contribution in [1.29, 1.82) is 0 Å². The number of carboxylic acid groups (broad SMARTS) is 6. The SMILES string of the molecule is N[C@@H](CC(=O)[O-])C(=O)[O-].N[C@@H](CC(=O)[O-])C(=O)[O-].N[C@@H](CC(=O)[O-])C(=O)[O-].[N+3].[N+3]. The molecule has 29 heavy (non-hydrogen) atoms. The second-order valence-electron chi connectivity index (χ2n) is 4.50. The highest BCUT2D eigenvalue weighted by Crippen LogP contribution is 1.82. The third-order valence-electron chi connectivity index (χ3n) is 2.07. The van der Waals surface area contributed by atoms with Crippen LogP contribution >= 0.6 is 0 Å². The summed E-state index contributed by atoms with van der Waals surface area (Å²) in [5.41, 5.74) is 14.2. The summed E-state index contributed by atoms with van der Waals surface area (Å²) in [7, 11) is 0. The molecular weight excluding hydrogens is 406 g/mol. The number of carbonyl (C=O) groups is 6. The quantitative estimate of drug-likeness (QED) is 0.311. The highest BCUT2D eigenvalue weighted by Gasteiger charge is 3.00. The van der Waals surface area contributed by atoms with E-state index in [-0.39, 0.29) is 12.3 Å². The molecule has 0 aromatic carbocycles. The number of carbonyl (C=O) groups excluding carboxylic acids is 6. The fourth-order valence-corrected chi connectivity index (χ4v) is 0.789. The van der Waals surface area contributed by atoms with Crippen LogP contribution in [0.4, 0.5) is 0 Å². The number of nitrogens with two attached hydrogens (primary N) is 3. The Morgan fingerprint density at radius 2 is 0.621 bits per heavy atom. The summed E-state index contributed by atoms with van der Waals surface area (Å²) < 4.78 is 0. The van der Waals surface area contributed by atoms with E-state index in [0.29, 0.717) is 0 Å². The molecule has 0 fully saturated rings. The van der Waals surface area contributed by atoms with Crippen LogP contribution in [0.3, 0.4) is 0 Å². The zero-order valence-corrected chi connectivity index (χ0v) is 14.4. The zero-order chi connectivity index (χ0) is 22.3. The summed E-state index contributed by atoms with van der Waals surface area (Å²) in [6.45, 7) is 0. The van der Waals surface area contributed by atoms with E-state index in [2.05, 4.69) is 0 Å². The molecule has 0 aromatic rings. The molecule has 0 aliphatic rings. The van der Waals surface area contributed by atoms with Gasteiger partial charge in [-0.15, -0.1) is 0 Å². The molecule has 4 radical (unpaired) electrons. The first-order valence-electron chi connectivity index (χ1n) is 6.60. The second-order valence-corrected chi connectivity index (χ2v) is 4.50. The first kappa shape index (κ1) is 36.1. The van der Waals surface area contributed by atoms with Gasteiger partial charge >= 0.3 is 12.3 Å². The molecule has 0 aliphatic heterocycles. The van der Waals surface area contributed by atoms with Gasteiger partial charge in [-0.3, -0.25) is 0 Å². The molecule has 17 nitrogen and oxygen atoms in total. The molecule has 0 bridgehead atoms. The van der Waals surface area contributed by atoms with Crippen molar-refractivity contribution in [2.45, 2.75) is 37.4 Å². The van der Waals surface area contributed by atoms with Crippen LogP contribution in [-0.4, -0.2) is 53.9 Å². The summed E-state index contributed by atoms with van der Waals surface area (Å²) in [6.07, 6.45) is -2.12. The van der Waals surface area contributed by atoms with Crippen LogP contribution < -0.4 is 60.1 Å². The number of hydrogen-bond acceptors (Lipinski definition) is 15. The Morgan fingerprint density at radius 1 is 0.483 bits per heavy atom. The van der Waals surface area contributed by atoms with Crippen LogP contribution in [0.2, 0.25) is 0 Å². The normalized spacial score (nSPS) is 11.7. The van der Waals surface area contributed by atoms with Gasteiger partial charge in [0.25, 0.3) is 0 Å². The maximum atomic E-state index is 9.71. The maximum Gasteiger partial charge on any atom is 3.00 e. The molecule has 3 atom stereocenters. The Labute approximate surface area is 163 Å². The van der Waals surface area contributed by atoms with Crippen molar-refractivity contribution in [2.24, 2.45) is 17.2 Å². The smallest absolute Gasteiger partial charge is 0.550 e. The van der Waals surface area contributed by atoms with Gasteiger partial charge in [0, 0.05) is 55.3 Å². The minimum absolute atomic E-state index is 0. The molecule has 0 spiro atoms. The number of aliphatic carboxylic acids is 6. The van der Waals surface area contributed by atoms with Crippen molar-refractivity contribution in [3.8, 4) is 0 Å². The minimum atomic E-state index is -1.58. The van der Waals surface area contributed by atoms with Crippen LogP contribution in [0.25, 0.3) is 0 Å². The Balaban J connectivity index is -0.0000000960. The summed E-state index contributed by atoms with van der Waals surface area (Å²) in [6, 6.07) is -4.39. The molecule has 0 saturated carbocycles. The number of carboxylic acids is 6. The first-order chi connectivity index (χ1) is 12.1. The van der Waals surface area contributed by atoms with Crippen LogP contribution in [0.5, 0.6) is 0 Å². The van der Waals surface area contributed by atoms with E-state index in [1.807, 2.05) is 0 Å². The summed E-state index contributed by atoms with van der Waals surface area (Å²) >= 11 is 0. The van der Waals surface area contributed by atoms with Gasteiger partial charge in [0.15, 0.2) is 0 Å². The average molecular weight is 421 g/mol. The Bertz CT molecular complexity index is 479. The molecule has 0 aromatic heterocycles. The summed E-state index contributed by atoms with van der Waals surface area (Å²) in [5.74, 6) is -9.23. The monoisotopic (exact) mass is 421 g/mol. The average Bonchev–Trinajstić information content (AvgIpc) is 2.46. The predicted octanol–water partition coefficient (Wildman–Crippen LogP) is -12.4. The lowest BCUT2D eigenvalue weighted by Crippen LogP contribution is -2.45. The fraction of sp³-hybridized carbons (Fsp3) is 0.500. The molecule has 0 rings (SSSR count). The first-order valence-corrected chi connectivity index (χ1v) is 6.60. The summed E-state index contributed by atoms with van der Waals surface area (Å²) in [4.78, 5) is 58.0. The fourth-order valence-electron chi connectivity index (χ4n) is 0.789. The van der Waals surface area contributed by atoms with Crippen molar-refractivity contribution in [2.75, 3.05) is 0 Å². The minimum Gasteiger partial charge on any atom is -0.550 e. The van der Waals surface area contributed by atoms with E-state index in [1.54, 1.807) is 0 Å². The van der Waals surface area contributed by atoms with E-state index in [9.17, 15) is 59.4 Å². The van der Waals surface area contributed by atoms with Crippen molar-refractivity contribution in [3.63, 3.8) is 0 Å². The van der Waals surface area contributed by atoms with Crippen molar-refractivity contribution >= 4 is 35.8 Å². The van der Waals surface area contributed by atoms with Crippen LogP contribution in [0, 0.1) is 0 Å². The van der Waals surface area contributed by atoms with E-state index in [0.717, 1.165) is 0 Å². The molecular formula is C12H15N5O12. The lowest BCUT2D eigenvalue weighted by atomic mass is 10.2. The van der Waals surface area contributed by atoms with Gasteiger partial charge in [0.1, 0.15) is 0 Å². The van der Waals surface area contributed by atoms with Gasteiger partial charge in [-0.05, 0) is 0 Å². The molecule has 17 heteroatoms. The standard InChI is InChI=1S/3C4H7NO4.2N/c3*5-2(4(8)9)1-3(6)7;;/h3*2H,1,5H2,(H,6,7)(H,8,9);;/q;;;2*+3/p-6/t3*2-;;/m000../s1. The molecule has 0 aliphatic carbocycles. The van der Waals surface area contributed by atoms with Gasteiger partial charge in [0.2, 0.25) is 0 Å². The van der Waals surface area contributed by atoms with Crippen LogP contribution in [0.15, 0.2) is 0 Å². The van der Waals surface area contributed by atoms with Crippen LogP contribution in [0.1, 0.15) is 19.3 Å². The predicted molar refractivity (Wildman–Crippen MR) is 72.1 cm³/mol. The highest BCUT2D eigenvalue weighted by atomic mass is 16.4. The molecule has 0 heterocycles. The molecule has 0 amide bonds. The maximum absolute atomic E-state index is 9.71. The molecule has 6 N–H and O–H groups in total. The topological polar surface area (TPSA) is 380 Å². The van der Waals surface area contributed by atoms with Crippen LogP contribution in [-0.2, 0) is 28.8 Å². The summed E-state index contributed by atoms with van der Waals surface area (Å²) in [5, 5.41) is 58.0. The number of nitrogens with zero attached hydrogens (tertiary/aromatic N) is 2. The van der Waals surface area contributed by atoms with Gasteiger partial charge in [-0.1, -0.05) is 0 Å². The van der Waals surface area contributed by atoms with Crippen molar-refractivity contribution < 1.29 is 59.4 Å². The zero-order valence-electron chi connectivity index (χ0n) is 14.4. The molecule has 0 saturated heterocycles. The van der Waals surface area contributed by atoms with Gasteiger partial charge in [-0.25, -0.2) is 0 Å². The van der Waals surface area contributed by atoms with Crippen molar-refractivity contribution in [1.82, 2.24) is 12.3 Å². The lowest BCUT2D eigenvalue weighted by molar-refractivity contribution is -0.316. The lowest BCUT2D eigenvalue weighted by Gasteiger charge is -2.11. The Kier molecular flexibility index (Phi) is 23.5. The van der Waals surface area contributed by atoms with Crippen molar-refractivity contribution in [3.05, 3.63) is 0 Å². The van der Waals surface area contributed by atoms with E-state index in [1.165, 1.54) is 0 Å². The second kappa shape index (κ2) is 18.9. The Hall–Kier alpha value is -3.88. The third kappa shape index (κ3) is 29.2. The van der Waals surface area contributed by atoms with E-state index in [4.69, 9.17) is 17.2 Å². The third-order valence-corrected chi connectivity index (χ3v) is 2.07. The van der Waals surface area contributed by atoms with E-state index >= 15 is 0 Å².